The average Bonchev–Trinajstić information content (AvgIpc) is 3.55. The van der Waals surface area contributed by atoms with E-state index >= 15 is 0 Å². The molecule has 1 fully saturated rings. The summed E-state index contributed by atoms with van der Waals surface area (Å²) in [5.41, 5.74) is 4.20. The smallest absolute Gasteiger partial charge is 0.298 e. The molecule has 1 aromatic carbocycles. The molecule has 3 aromatic heterocycles. The van der Waals surface area contributed by atoms with Gasteiger partial charge in [0.05, 0.1) is 17.0 Å². The minimum absolute atomic E-state index is 0.227. The van der Waals surface area contributed by atoms with Crippen LogP contribution < -0.4 is 5.48 Å². The zero-order chi connectivity index (χ0) is 24.1. The number of halogens is 3. The van der Waals surface area contributed by atoms with Crippen molar-refractivity contribution >= 4 is 22.9 Å². The van der Waals surface area contributed by atoms with Crippen LogP contribution in [0, 0.1) is 6.92 Å². The van der Waals surface area contributed by atoms with Gasteiger partial charge in [-0.3, -0.25) is 14.4 Å². The van der Waals surface area contributed by atoms with Crippen molar-refractivity contribution in [3.05, 3.63) is 75.4 Å². The molecule has 10 heteroatoms. The van der Waals surface area contributed by atoms with Crippen molar-refractivity contribution in [1.82, 2.24) is 19.8 Å². The highest BCUT2D eigenvalue weighted by Gasteiger charge is 2.40. The number of nitrogens with one attached hydrogen (secondary N) is 1. The van der Waals surface area contributed by atoms with Crippen LogP contribution in [0.2, 0.25) is 0 Å². The van der Waals surface area contributed by atoms with Crippen molar-refractivity contribution in [2.75, 3.05) is 0 Å². The highest BCUT2D eigenvalue weighted by atomic mass is 32.1. The third-order valence-corrected chi connectivity index (χ3v) is 7.59. The lowest BCUT2D eigenvalue weighted by atomic mass is 9.79. The molecular formula is C24H21F3N4O2S. The van der Waals surface area contributed by atoms with Crippen molar-refractivity contribution in [3.8, 4) is 11.4 Å². The van der Waals surface area contributed by atoms with Gasteiger partial charge in [-0.05, 0) is 49.6 Å². The number of pyridine rings is 1. The Morgan fingerprint density at radius 1 is 1.15 bits per heavy atom. The molecule has 176 valence electrons. The largest absolute Gasteiger partial charge is 0.416 e. The summed E-state index contributed by atoms with van der Waals surface area (Å²) in [6.45, 7) is 1.77. The Kier molecular flexibility index (Phi) is 5.44. The summed E-state index contributed by atoms with van der Waals surface area (Å²) < 4.78 is 41.0. The molecule has 0 aliphatic heterocycles. The van der Waals surface area contributed by atoms with Crippen molar-refractivity contribution in [3.63, 3.8) is 0 Å². The molecule has 1 aliphatic carbocycles. The fraction of sp³-hybridized carbons (Fsp3) is 0.292. The summed E-state index contributed by atoms with van der Waals surface area (Å²) in [7, 11) is 0. The number of fused-ring (bicyclic) bond motifs is 1. The number of hydrogen-bond acceptors (Lipinski definition) is 5. The number of alkyl halides is 3. The summed E-state index contributed by atoms with van der Waals surface area (Å²) in [4.78, 5) is 21.0. The molecule has 1 aliphatic rings. The molecule has 0 radical (unpaired) electrons. The maximum Gasteiger partial charge on any atom is 0.416 e. The molecular weight excluding hydrogens is 465 g/mol. The molecule has 1 saturated carbocycles. The standard InChI is InChI=1S/C24H21F3N4O2S/c1-14-20(31-11-8-17(24(25,26)27)12-19(31)28-14)18-13-34-22(29-18)23(9-2-3-10-23)16-6-4-15(5-7-16)21(32)30-33/h4-8,11-13,33H,2-3,9-10H2,1H3,(H,30,32). The van der Waals surface area contributed by atoms with Crippen LogP contribution >= 0.6 is 11.3 Å². The first-order valence-electron chi connectivity index (χ1n) is 10.8. The van der Waals surface area contributed by atoms with Gasteiger partial charge in [-0.25, -0.2) is 15.4 Å². The fourth-order valence-corrected chi connectivity index (χ4v) is 5.95. The summed E-state index contributed by atoms with van der Waals surface area (Å²) >= 11 is 1.53. The quantitative estimate of drug-likeness (QED) is 0.284. The molecule has 5 rings (SSSR count). The van der Waals surface area contributed by atoms with E-state index in [1.807, 2.05) is 17.5 Å². The Balaban J connectivity index is 1.55. The van der Waals surface area contributed by atoms with Crippen molar-refractivity contribution in [2.45, 2.75) is 44.2 Å². The van der Waals surface area contributed by atoms with Crippen LogP contribution in [0.3, 0.4) is 0 Å². The highest BCUT2D eigenvalue weighted by Crippen LogP contribution is 2.48. The number of aryl methyl sites for hydroxylation is 1. The number of amides is 1. The fourth-order valence-electron chi connectivity index (χ4n) is 4.86. The van der Waals surface area contributed by atoms with Crippen LogP contribution in [0.5, 0.6) is 0 Å². The summed E-state index contributed by atoms with van der Waals surface area (Å²) in [6, 6.07) is 9.26. The average molecular weight is 487 g/mol. The zero-order valence-corrected chi connectivity index (χ0v) is 19.0. The van der Waals surface area contributed by atoms with Gasteiger partial charge >= 0.3 is 6.18 Å². The Morgan fingerprint density at radius 3 is 2.50 bits per heavy atom. The van der Waals surface area contributed by atoms with Crippen molar-refractivity contribution < 1.29 is 23.2 Å². The minimum Gasteiger partial charge on any atom is -0.298 e. The van der Waals surface area contributed by atoms with Crippen LogP contribution in [0.1, 0.15) is 57.9 Å². The van der Waals surface area contributed by atoms with Crippen LogP contribution in [0.25, 0.3) is 17.0 Å². The monoisotopic (exact) mass is 486 g/mol. The van der Waals surface area contributed by atoms with Gasteiger partial charge in [-0.1, -0.05) is 25.0 Å². The van der Waals surface area contributed by atoms with Crippen LogP contribution in [0.4, 0.5) is 13.2 Å². The predicted molar refractivity (Wildman–Crippen MR) is 121 cm³/mol. The Morgan fingerprint density at radius 2 is 1.85 bits per heavy atom. The number of nitrogens with zero attached hydrogens (tertiary/aromatic N) is 3. The summed E-state index contributed by atoms with van der Waals surface area (Å²) in [5.74, 6) is -0.569. The number of carbonyl (C=O) groups excluding carboxylic acids is 1. The van der Waals surface area contributed by atoms with E-state index in [1.165, 1.54) is 17.5 Å². The van der Waals surface area contributed by atoms with E-state index in [0.717, 1.165) is 48.4 Å². The lowest BCUT2D eigenvalue weighted by Gasteiger charge is -2.27. The Labute approximate surface area is 197 Å². The number of thiazole rings is 1. The van der Waals surface area contributed by atoms with E-state index in [0.29, 0.717) is 22.6 Å². The molecule has 1 amide bonds. The lowest BCUT2D eigenvalue weighted by Crippen LogP contribution is -2.24. The zero-order valence-electron chi connectivity index (χ0n) is 18.2. The van der Waals surface area contributed by atoms with Gasteiger partial charge < -0.3 is 0 Å². The second kappa shape index (κ2) is 8.21. The third kappa shape index (κ3) is 3.67. The van der Waals surface area contributed by atoms with Gasteiger partial charge in [0, 0.05) is 22.6 Å². The Hall–Kier alpha value is -3.24. The first-order chi connectivity index (χ1) is 16.2. The molecule has 4 aromatic rings. The van der Waals surface area contributed by atoms with Gasteiger partial charge in [-0.2, -0.15) is 13.2 Å². The molecule has 3 heterocycles. The number of rotatable bonds is 4. The van der Waals surface area contributed by atoms with Gasteiger partial charge in [0.2, 0.25) is 0 Å². The number of hydroxylamine groups is 1. The highest BCUT2D eigenvalue weighted by molar-refractivity contribution is 7.10. The van der Waals surface area contributed by atoms with Gasteiger partial charge in [-0.15, -0.1) is 11.3 Å². The number of aromatic nitrogens is 3. The van der Waals surface area contributed by atoms with Crippen molar-refractivity contribution in [2.24, 2.45) is 0 Å². The number of imidazole rings is 1. The van der Waals surface area contributed by atoms with E-state index in [2.05, 4.69) is 4.98 Å². The van der Waals surface area contributed by atoms with E-state index in [9.17, 15) is 18.0 Å². The van der Waals surface area contributed by atoms with E-state index in [4.69, 9.17) is 10.2 Å². The first-order valence-corrected chi connectivity index (χ1v) is 11.7. The first kappa shape index (κ1) is 22.5. The van der Waals surface area contributed by atoms with E-state index < -0.39 is 17.6 Å². The number of hydrogen-bond donors (Lipinski definition) is 2. The summed E-state index contributed by atoms with van der Waals surface area (Å²) in [6.07, 6.45) is 0.866. The van der Waals surface area contributed by atoms with E-state index in [-0.39, 0.29) is 11.1 Å². The number of carbonyl (C=O) groups is 1. The van der Waals surface area contributed by atoms with Crippen LogP contribution in [0.15, 0.2) is 48.0 Å². The van der Waals surface area contributed by atoms with Crippen LogP contribution in [-0.2, 0) is 11.6 Å². The molecule has 34 heavy (non-hydrogen) atoms. The molecule has 0 atom stereocenters. The minimum atomic E-state index is -4.43. The maximum absolute atomic E-state index is 13.1. The molecule has 0 bridgehead atoms. The summed E-state index contributed by atoms with van der Waals surface area (Å²) in [5, 5.41) is 11.7. The molecule has 0 spiro atoms. The Bertz CT molecular complexity index is 1370. The van der Waals surface area contributed by atoms with Crippen molar-refractivity contribution in [1.29, 1.82) is 0 Å². The SMILES string of the molecule is Cc1nc2cc(C(F)(F)F)ccn2c1-c1csc(C2(c3ccc(C(=O)NO)cc3)CCCC2)n1. The lowest BCUT2D eigenvalue weighted by molar-refractivity contribution is -0.137. The third-order valence-electron chi connectivity index (χ3n) is 6.54. The molecule has 6 nitrogen and oxygen atoms in total. The maximum atomic E-state index is 13.1. The molecule has 0 saturated heterocycles. The predicted octanol–water partition coefficient (Wildman–Crippen LogP) is 5.76. The molecule has 2 N–H and O–H groups in total. The van der Waals surface area contributed by atoms with Gasteiger partial charge in [0.1, 0.15) is 16.3 Å². The second-order valence-electron chi connectivity index (χ2n) is 8.53. The molecule has 0 unspecified atom stereocenters. The van der Waals surface area contributed by atoms with Gasteiger partial charge in [0.25, 0.3) is 5.91 Å². The normalized spacial score (nSPS) is 15.7. The number of benzene rings is 1. The van der Waals surface area contributed by atoms with Gasteiger partial charge in [0.15, 0.2) is 0 Å². The van der Waals surface area contributed by atoms with Crippen LogP contribution in [-0.4, -0.2) is 25.5 Å². The second-order valence-corrected chi connectivity index (χ2v) is 9.39. The van der Waals surface area contributed by atoms with E-state index in [1.54, 1.807) is 28.9 Å². The topological polar surface area (TPSA) is 79.5 Å².